The molecule has 2 fully saturated rings. The van der Waals surface area contributed by atoms with Crippen LogP contribution < -0.4 is 11.1 Å². The number of benzene rings is 1. The number of rotatable bonds is 6. The standard InChI is InChI=1S/C23H26N8O/c24-18-7-9-30(10-8-18)13-17-6-11-31-20(17)22(25-14-26-31)27-19-3-1-2-16(12-19)21-28-23(32-29-21)15-4-5-15/h1-3,6,11-12,14-15,18H,4-5,7-10,13,24H2,(H,25,26,27). The zero-order valence-electron chi connectivity index (χ0n) is 17.8. The summed E-state index contributed by atoms with van der Waals surface area (Å²) in [5.74, 6) is 2.58. The molecular weight excluding hydrogens is 404 g/mol. The predicted octanol–water partition coefficient (Wildman–Crippen LogP) is 3.32. The van der Waals surface area contributed by atoms with Gasteiger partial charge in [-0.25, -0.2) is 9.50 Å². The van der Waals surface area contributed by atoms with Crippen LogP contribution in [0.25, 0.3) is 16.9 Å². The van der Waals surface area contributed by atoms with Gasteiger partial charge in [-0.3, -0.25) is 4.90 Å². The normalized spacial score (nSPS) is 17.8. The van der Waals surface area contributed by atoms with Crippen LogP contribution in [0.5, 0.6) is 0 Å². The number of hydrogen-bond donors (Lipinski definition) is 2. The lowest BCUT2D eigenvalue weighted by Crippen LogP contribution is -2.39. The molecule has 0 amide bonds. The van der Waals surface area contributed by atoms with Gasteiger partial charge in [0.25, 0.3) is 0 Å². The maximum absolute atomic E-state index is 6.07. The lowest BCUT2D eigenvalue weighted by Gasteiger charge is -2.29. The van der Waals surface area contributed by atoms with Crippen molar-refractivity contribution in [3.8, 4) is 11.4 Å². The van der Waals surface area contributed by atoms with Crippen LogP contribution in [0.3, 0.4) is 0 Å². The molecule has 1 saturated carbocycles. The lowest BCUT2D eigenvalue weighted by atomic mass is 10.1. The van der Waals surface area contributed by atoms with Crippen molar-refractivity contribution in [2.24, 2.45) is 5.73 Å². The molecule has 6 rings (SSSR count). The summed E-state index contributed by atoms with van der Waals surface area (Å²) in [5.41, 5.74) is 10.1. The number of hydrogen-bond acceptors (Lipinski definition) is 8. The van der Waals surface area contributed by atoms with Gasteiger partial charge in [0.2, 0.25) is 11.7 Å². The summed E-state index contributed by atoms with van der Waals surface area (Å²) in [4.78, 5) is 11.6. The third-order valence-electron chi connectivity index (χ3n) is 6.32. The molecule has 32 heavy (non-hydrogen) atoms. The van der Waals surface area contributed by atoms with Gasteiger partial charge in [0.15, 0.2) is 5.82 Å². The molecule has 3 aromatic heterocycles. The molecule has 0 spiro atoms. The minimum Gasteiger partial charge on any atom is -0.339 e. The molecule has 1 aliphatic carbocycles. The van der Waals surface area contributed by atoms with Crippen LogP contribution in [0.15, 0.2) is 47.4 Å². The minimum absolute atomic E-state index is 0.324. The number of nitrogens with one attached hydrogen (secondary N) is 1. The zero-order chi connectivity index (χ0) is 21.5. The highest BCUT2D eigenvalue weighted by Crippen LogP contribution is 2.39. The van der Waals surface area contributed by atoms with Crippen molar-refractivity contribution in [3.05, 3.63) is 54.3 Å². The Labute approximate surface area is 185 Å². The molecule has 1 aromatic carbocycles. The topological polar surface area (TPSA) is 110 Å². The fourth-order valence-electron chi connectivity index (χ4n) is 4.31. The molecular formula is C23H26N8O. The van der Waals surface area contributed by atoms with Crippen LogP contribution in [-0.2, 0) is 6.54 Å². The molecule has 2 aliphatic rings. The summed E-state index contributed by atoms with van der Waals surface area (Å²) < 4.78 is 7.31. The third-order valence-corrected chi connectivity index (χ3v) is 6.32. The van der Waals surface area contributed by atoms with E-state index in [4.69, 9.17) is 10.3 Å². The van der Waals surface area contributed by atoms with Crippen LogP contribution in [0.1, 0.15) is 43.1 Å². The highest BCUT2D eigenvalue weighted by Gasteiger charge is 2.29. The molecule has 0 atom stereocenters. The van der Waals surface area contributed by atoms with Crippen LogP contribution >= 0.6 is 0 Å². The minimum atomic E-state index is 0.324. The molecule has 0 bridgehead atoms. The quantitative estimate of drug-likeness (QED) is 0.479. The van der Waals surface area contributed by atoms with Crippen molar-refractivity contribution in [1.29, 1.82) is 0 Å². The van der Waals surface area contributed by atoms with E-state index in [1.807, 2.05) is 35.0 Å². The van der Waals surface area contributed by atoms with E-state index in [2.05, 4.69) is 36.5 Å². The first-order valence-electron chi connectivity index (χ1n) is 11.2. The van der Waals surface area contributed by atoms with Gasteiger partial charge in [0.05, 0.1) is 0 Å². The van der Waals surface area contributed by atoms with E-state index in [1.165, 1.54) is 5.56 Å². The van der Waals surface area contributed by atoms with Gasteiger partial charge in [-0.2, -0.15) is 10.1 Å². The molecule has 0 unspecified atom stereocenters. The largest absolute Gasteiger partial charge is 0.339 e. The molecule has 1 aliphatic heterocycles. The lowest BCUT2D eigenvalue weighted by molar-refractivity contribution is 0.206. The van der Waals surface area contributed by atoms with Crippen LogP contribution in [0.4, 0.5) is 11.5 Å². The second-order valence-electron chi connectivity index (χ2n) is 8.79. The number of aromatic nitrogens is 5. The summed E-state index contributed by atoms with van der Waals surface area (Å²) in [7, 11) is 0. The van der Waals surface area contributed by atoms with Crippen molar-refractivity contribution in [3.63, 3.8) is 0 Å². The monoisotopic (exact) mass is 430 g/mol. The van der Waals surface area contributed by atoms with Gasteiger partial charge in [-0.05, 0) is 62.5 Å². The summed E-state index contributed by atoms with van der Waals surface area (Å²) >= 11 is 0. The Bertz CT molecular complexity index is 1240. The first kappa shape index (κ1) is 19.4. The Balaban J connectivity index is 1.26. The Morgan fingerprint density at radius 3 is 2.84 bits per heavy atom. The van der Waals surface area contributed by atoms with Gasteiger partial charge < -0.3 is 15.6 Å². The van der Waals surface area contributed by atoms with Crippen LogP contribution in [0.2, 0.25) is 0 Å². The summed E-state index contributed by atoms with van der Waals surface area (Å²) in [6.07, 6.45) is 7.91. The van der Waals surface area contributed by atoms with E-state index in [-0.39, 0.29) is 0 Å². The van der Waals surface area contributed by atoms with E-state index in [9.17, 15) is 0 Å². The molecule has 164 valence electrons. The fraction of sp³-hybridized carbons (Fsp3) is 0.391. The summed E-state index contributed by atoms with van der Waals surface area (Å²) in [6, 6.07) is 10.5. The predicted molar refractivity (Wildman–Crippen MR) is 120 cm³/mol. The first-order chi connectivity index (χ1) is 15.7. The zero-order valence-corrected chi connectivity index (χ0v) is 17.8. The Morgan fingerprint density at radius 1 is 1.12 bits per heavy atom. The SMILES string of the molecule is NC1CCN(Cc2ccn3ncnc(Nc4cccc(-c5noc(C6CC6)n5)c4)c23)CC1. The van der Waals surface area contributed by atoms with E-state index >= 15 is 0 Å². The van der Waals surface area contributed by atoms with Gasteiger partial charge in [-0.1, -0.05) is 17.3 Å². The maximum atomic E-state index is 6.07. The molecule has 3 N–H and O–H groups in total. The summed E-state index contributed by atoms with van der Waals surface area (Å²) in [6.45, 7) is 2.90. The Hall–Kier alpha value is -3.30. The smallest absolute Gasteiger partial charge is 0.230 e. The highest BCUT2D eigenvalue weighted by atomic mass is 16.5. The molecule has 1 saturated heterocycles. The number of nitrogens with two attached hydrogens (primary N) is 1. The second-order valence-corrected chi connectivity index (χ2v) is 8.79. The van der Waals surface area contributed by atoms with Gasteiger partial charge >= 0.3 is 0 Å². The second kappa shape index (κ2) is 7.99. The molecule has 0 radical (unpaired) electrons. The number of likely N-dealkylation sites (tertiary alicyclic amines) is 1. The van der Waals surface area contributed by atoms with Gasteiger partial charge in [0.1, 0.15) is 11.8 Å². The number of anilines is 2. The molecule has 9 heteroatoms. The van der Waals surface area contributed by atoms with Crippen LogP contribution in [0, 0.1) is 0 Å². The van der Waals surface area contributed by atoms with Crippen molar-refractivity contribution in [2.75, 3.05) is 18.4 Å². The van der Waals surface area contributed by atoms with Gasteiger partial charge in [0, 0.05) is 36.0 Å². The van der Waals surface area contributed by atoms with Gasteiger partial charge in [-0.15, -0.1) is 0 Å². The van der Waals surface area contributed by atoms with E-state index in [0.717, 1.165) is 73.8 Å². The fourth-order valence-corrected chi connectivity index (χ4v) is 4.31. The maximum Gasteiger partial charge on any atom is 0.230 e. The third kappa shape index (κ3) is 3.85. The number of nitrogens with zero attached hydrogens (tertiary/aromatic N) is 6. The molecule has 4 aromatic rings. The summed E-state index contributed by atoms with van der Waals surface area (Å²) in [5, 5.41) is 12.0. The van der Waals surface area contributed by atoms with Crippen molar-refractivity contribution in [2.45, 2.75) is 44.2 Å². The Kier molecular flexibility index (Phi) is 4.84. The average molecular weight is 431 g/mol. The van der Waals surface area contributed by atoms with E-state index in [0.29, 0.717) is 17.8 Å². The number of piperidine rings is 1. The average Bonchev–Trinajstić information content (AvgIpc) is 3.39. The van der Waals surface area contributed by atoms with E-state index < -0.39 is 0 Å². The van der Waals surface area contributed by atoms with Crippen molar-refractivity contribution >= 4 is 17.0 Å². The number of fused-ring (bicyclic) bond motifs is 1. The Morgan fingerprint density at radius 2 is 2.00 bits per heavy atom. The molecule has 4 heterocycles. The molecule has 9 nitrogen and oxygen atoms in total. The van der Waals surface area contributed by atoms with Crippen molar-refractivity contribution in [1.82, 2.24) is 29.6 Å². The van der Waals surface area contributed by atoms with Crippen LogP contribution in [-0.4, -0.2) is 48.8 Å². The highest BCUT2D eigenvalue weighted by molar-refractivity contribution is 5.77. The first-order valence-corrected chi connectivity index (χ1v) is 11.2. The van der Waals surface area contributed by atoms with E-state index in [1.54, 1.807) is 6.33 Å². The van der Waals surface area contributed by atoms with Crippen molar-refractivity contribution < 1.29 is 4.52 Å².